The minimum atomic E-state index is -1.16. The number of anilines is 2. The van der Waals surface area contributed by atoms with E-state index in [2.05, 4.69) is 24.0 Å². The Kier molecular flexibility index (Phi) is 4.58. The molecule has 1 saturated carbocycles. The number of hydrogen-bond donors (Lipinski definition) is 0. The van der Waals surface area contributed by atoms with Crippen molar-refractivity contribution in [3.8, 4) is 36.8 Å². The summed E-state index contributed by atoms with van der Waals surface area (Å²) < 4.78 is 0. The first-order chi connectivity index (χ1) is 16.5. The molecule has 2 aromatic rings. The molecule has 0 unspecified atom stereocenters. The maximum Gasteiger partial charge on any atom is 0.260 e. The molecular formula is C28H18N4O2. The van der Waals surface area contributed by atoms with Crippen LogP contribution in [0, 0.1) is 52.8 Å². The van der Waals surface area contributed by atoms with Crippen molar-refractivity contribution in [3.05, 3.63) is 65.2 Å². The highest BCUT2D eigenvalue weighted by Crippen LogP contribution is 2.72. The summed E-state index contributed by atoms with van der Waals surface area (Å²) in [4.78, 5) is 29.9. The third-order valence-electron chi connectivity index (χ3n) is 7.08. The van der Waals surface area contributed by atoms with E-state index in [0.717, 1.165) is 5.56 Å². The SMILES string of the molecule is C#CCN1C(=O)/C(=C(/C#N)C[C@@]2(C#N)C[C@@]23C(=O)N(CC#C)c2ccccc23)c2ccccc21. The molecule has 0 radical (unpaired) electrons. The number of hydrogen-bond acceptors (Lipinski definition) is 4. The predicted molar refractivity (Wildman–Crippen MR) is 127 cm³/mol. The van der Waals surface area contributed by atoms with E-state index in [4.69, 9.17) is 12.8 Å². The molecule has 2 aliphatic heterocycles. The number of rotatable bonds is 4. The van der Waals surface area contributed by atoms with Gasteiger partial charge >= 0.3 is 0 Å². The fourth-order valence-electron chi connectivity index (χ4n) is 5.51. The number of allylic oxidation sites excluding steroid dienone is 1. The highest BCUT2D eigenvalue weighted by atomic mass is 16.2. The van der Waals surface area contributed by atoms with Gasteiger partial charge in [-0.1, -0.05) is 48.2 Å². The topological polar surface area (TPSA) is 88.2 Å². The van der Waals surface area contributed by atoms with Crippen LogP contribution in [0.25, 0.3) is 5.57 Å². The molecule has 5 rings (SSSR count). The Hall–Kier alpha value is -4.78. The molecule has 34 heavy (non-hydrogen) atoms. The number of fused-ring (bicyclic) bond motifs is 3. The Morgan fingerprint density at radius 3 is 2.26 bits per heavy atom. The van der Waals surface area contributed by atoms with Gasteiger partial charge < -0.3 is 0 Å². The van der Waals surface area contributed by atoms with E-state index in [9.17, 15) is 20.1 Å². The summed E-state index contributed by atoms with van der Waals surface area (Å²) in [6.45, 7) is 0.163. The van der Waals surface area contributed by atoms with Crippen LogP contribution in [0.3, 0.4) is 0 Å². The van der Waals surface area contributed by atoms with Gasteiger partial charge in [0.05, 0.1) is 47.3 Å². The van der Waals surface area contributed by atoms with Gasteiger partial charge in [0.1, 0.15) is 0 Å². The van der Waals surface area contributed by atoms with Gasteiger partial charge in [-0.2, -0.15) is 10.5 Å². The maximum atomic E-state index is 13.6. The number of carbonyl (C=O) groups excluding carboxylic acids is 2. The van der Waals surface area contributed by atoms with Gasteiger partial charge in [0.2, 0.25) is 5.91 Å². The lowest BCUT2D eigenvalue weighted by Crippen LogP contribution is -2.35. The molecule has 2 amide bonds. The number of nitriles is 2. The summed E-state index contributed by atoms with van der Waals surface area (Å²) in [5, 5.41) is 20.4. The number of para-hydroxylation sites is 2. The Morgan fingerprint density at radius 2 is 1.59 bits per heavy atom. The van der Waals surface area contributed by atoms with E-state index < -0.39 is 10.8 Å². The van der Waals surface area contributed by atoms with Crippen molar-refractivity contribution in [2.45, 2.75) is 18.3 Å². The summed E-state index contributed by atoms with van der Waals surface area (Å²) in [5.41, 5.74) is 0.845. The first-order valence-corrected chi connectivity index (χ1v) is 10.7. The zero-order valence-electron chi connectivity index (χ0n) is 18.2. The molecule has 6 heteroatoms. The van der Waals surface area contributed by atoms with Gasteiger partial charge in [0.25, 0.3) is 5.91 Å². The van der Waals surface area contributed by atoms with Crippen LogP contribution in [0.5, 0.6) is 0 Å². The first-order valence-electron chi connectivity index (χ1n) is 10.7. The lowest BCUT2D eigenvalue weighted by Gasteiger charge is -2.17. The van der Waals surface area contributed by atoms with Gasteiger partial charge in [0, 0.05) is 23.2 Å². The molecule has 162 valence electrons. The number of benzene rings is 2. The van der Waals surface area contributed by atoms with E-state index >= 15 is 0 Å². The van der Waals surface area contributed by atoms with Gasteiger partial charge in [-0.25, -0.2) is 0 Å². The first kappa shape index (κ1) is 21.1. The zero-order valence-corrected chi connectivity index (χ0v) is 18.2. The van der Waals surface area contributed by atoms with Crippen molar-refractivity contribution >= 4 is 28.8 Å². The van der Waals surface area contributed by atoms with Crippen LogP contribution < -0.4 is 9.80 Å². The summed E-state index contributed by atoms with van der Waals surface area (Å²) >= 11 is 0. The van der Waals surface area contributed by atoms with Crippen LogP contribution in [0.15, 0.2) is 54.1 Å². The van der Waals surface area contributed by atoms with Crippen molar-refractivity contribution in [2.75, 3.05) is 22.9 Å². The fourth-order valence-corrected chi connectivity index (χ4v) is 5.51. The second kappa shape index (κ2) is 7.38. The Morgan fingerprint density at radius 1 is 0.941 bits per heavy atom. The van der Waals surface area contributed by atoms with E-state index in [1.54, 1.807) is 24.3 Å². The molecule has 0 saturated heterocycles. The molecule has 3 aliphatic rings. The van der Waals surface area contributed by atoms with Crippen LogP contribution in [-0.4, -0.2) is 24.9 Å². The van der Waals surface area contributed by atoms with E-state index in [1.807, 2.05) is 24.3 Å². The van der Waals surface area contributed by atoms with Gasteiger partial charge in [-0.15, -0.1) is 12.8 Å². The summed E-state index contributed by atoms with van der Waals surface area (Å²) in [6.07, 6.45) is 11.2. The zero-order chi connectivity index (χ0) is 24.1. The minimum absolute atomic E-state index is 0.0245. The van der Waals surface area contributed by atoms with Crippen LogP contribution in [0.4, 0.5) is 11.4 Å². The summed E-state index contributed by atoms with van der Waals surface area (Å²) in [6, 6.07) is 18.9. The van der Waals surface area contributed by atoms with Crippen molar-refractivity contribution in [1.29, 1.82) is 10.5 Å². The molecule has 2 heterocycles. The lowest BCUT2D eigenvalue weighted by molar-refractivity contribution is -0.120. The highest BCUT2D eigenvalue weighted by molar-refractivity contribution is 6.33. The maximum absolute atomic E-state index is 13.6. The third-order valence-corrected chi connectivity index (χ3v) is 7.08. The van der Waals surface area contributed by atoms with Crippen molar-refractivity contribution < 1.29 is 9.59 Å². The van der Waals surface area contributed by atoms with Crippen LogP contribution in [-0.2, 0) is 15.0 Å². The van der Waals surface area contributed by atoms with Crippen LogP contribution in [0.2, 0.25) is 0 Å². The van der Waals surface area contributed by atoms with Crippen molar-refractivity contribution in [3.63, 3.8) is 0 Å². The largest absolute Gasteiger partial charge is 0.300 e. The molecule has 0 N–H and O–H groups in total. The standard InChI is InChI=1S/C28H18N4O2/c1-3-13-31-22-11-7-5-9-20(22)24(25(31)33)19(16-29)15-27(18-30)17-28(27)21-10-6-8-12-23(21)32(14-4-2)26(28)34/h1-2,5-12H,13-15,17H2/b24-19+/t27-,28+/m0/s1. The molecular weight excluding hydrogens is 424 g/mol. The van der Waals surface area contributed by atoms with Crippen molar-refractivity contribution in [2.24, 2.45) is 5.41 Å². The molecule has 2 atom stereocenters. The molecule has 0 aromatic heterocycles. The summed E-state index contributed by atoms with van der Waals surface area (Å²) in [7, 11) is 0. The average Bonchev–Trinajstić information content (AvgIpc) is 3.38. The number of carbonyl (C=O) groups is 2. The molecule has 1 aliphatic carbocycles. The van der Waals surface area contributed by atoms with E-state index in [-0.39, 0.29) is 48.9 Å². The van der Waals surface area contributed by atoms with Gasteiger partial charge in [0.15, 0.2) is 0 Å². The van der Waals surface area contributed by atoms with Crippen molar-refractivity contribution in [1.82, 2.24) is 0 Å². The summed E-state index contributed by atoms with van der Waals surface area (Å²) in [5.74, 6) is 4.40. The minimum Gasteiger partial charge on any atom is -0.300 e. The predicted octanol–water partition coefficient (Wildman–Crippen LogP) is 3.17. The highest BCUT2D eigenvalue weighted by Gasteiger charge is 2.77. The number of terminal acetylenes is 2. The van der Waals surface area contributed by atoms with Gasteiger partial charge in [-0.3, -0.25) is 19.4 Å². The molecule has 1 spiro atoms. The lowest BCUT2D eigenvalue weighted by atomic mass is 9.82. The van der Waals surface area contributed by atoms with Crippen LogP contribution in [0.1, 0.15) is 24.0 Å². The van der Waals surface area contributed by atoms with E-state index in [0.29, 0.717) is 16.9 Å². The molecule has 0 bridgehead atoms. The Labute approximate surface area is 197 Å². The van der Waals surface area contributed by atoms with Gasteiger partial charge in [-0.05, 0) is 24.1 Å². The van der Waals surface area contributed by atoms with Crippen LogP contribution >= 0.6 is 0 Å². The van der Waals surface area contributed by atoms with E-state index in [1.165, 1.54) is 9.80 Å². The second-order valence-electron chi connectivity index (χ2n) is 8.64. The Bertz CT molecular complexity index is 1480. The number of amides is 2. The second-order valence-corrected chi connectivity index (χ2v) is 8.64. The normalized spacial score (nSPS) is 25.2. The smallest absolute Gasteiger partial charge is 0.260 e. The molecule has 1 fully saturated rings. The number of nitrogens with zero attached hydrogens (tertiary/aromatic N) is 4. The Balaban J connectivity index is 1.62. The monoisotopic (exact) mass is 442 g/mol. The quantitative estimate of drug-likeness (QED) is 0.413. The average molecular weight is 442 g/mol. The third kappa shape index (κ3) is 2.52. The molecule has 2 aromatic carbocycles. The molecule has 6 nitrogen and oxygen atoms in total. The fraction of sp³-hybridized carbons (Fsp3) is 0.214.